The molecule has 1 saturated heterocycles. The van der Waals surface area contributed by atoms with Gasteiger partial charge in [-0.15, -0.1) is 0 Å². The van der Waals surface area contributed by atoms with Gasteiger partial charge < -0.3 is 15.3 Å². The summed E-state index contributed by atoms with van der Waals surface area (Å²) in [5.74, 6) is -1.42. The molecule has 0 radical (unpaired) electrons. The van der Waals surface area contributed by atoms with Gasteiger partial charge in [-0.05, 0) is 41.3 Å². The Bertz CT molecular complexity index is 1130. The van der Waals surface area contributed by atoms with Gasteiger partial charge in [-0.2, -0.15) is 0 Å². The predicted molar refractivity (Wildman–Crippen MR) is 109 cm³/mol. The van der Waals surface area contributed by atoms with Gasteiger partial charge in [0, 0.05) is 30.5 Å². The number of hydrogen-bond donors (Lipinski definition) is 3. The van der Waals surface area contributed by atoms with Gasteiger partial charge in [0.25, 0.3) is 11.8 Å². The van der Waals surface area contributed by atoms with Crippen LogP contribution >= 0.6 is 0 Å². The van der Waals surface area contributed by atoms with E-state index in [4.69, 9.17) is 0 Å². The fourth-order valence-electron chi connectivity index (χ4n) is 4.69. The Morgan fingerprint density at radius 3 is 2.71 bits per heavy atom. The summed E-state index contributed by atoms with van der Waals surface area (Å²) in [5, 5.41) is 15.6. The average molecular weight is 419 g/mol. The molecule has 3 N–H and O–H groups in total. The number of aliphatic hydroxyl groups is 1. The Labute approximate surface area is 178 Å². The molecule has 8 nitrogen and oxygen atoms in total. The summed E-state index contributed by atoms with van der Waals surface area (Å²) in [6.07, 6.45) is 0.271. The fraction of sp³-hybridized carbons (Fsp3) is 0.304. The van der Waals surface area contributed by atoms with Crippen molar-refractivity contribution < 1.29 is 24.3 Å². The number of nitrogens with one attached hydrogen (secondary N) is 2. The lowest BCUT2D eigenvalue weighted by molar-refractivity contribution is -0.136. The minimum Gasteiger partial charge on any atom is -0.390 e. The topological polar surface area (TPSA) is 116 Å². The Kier molecular flexibility index (Phi) is 4.59. The van der Waals surface area contributed by atoms with E-state index in [-0.39, 0.29) is 37.1 Å². The first-order valence-corrected chi connectivity index (χ1v) is 10.3. The van der Waals surface area contributed by atoms with Crippen LogP contribution in [0.15, 0.2) is 42.5 Å². The Hall–Kier alpha value is -3.52. The summed E-state index contributed by atoms with van der Waals surface area (Å²) in [6.45, 7) is 0.205. The van der Waals surface area contributed by atoms with E-state index >= 15 is 0 Å². The molecule has 2 aromatic carbocycles. The van der Waals surface area contributed by atoms with Crippen molar-refractivity contribution in [1.29, 1.82) is 0 Å². The second-order valence-corrected chi connectivity index (χ2v) is 8.19. The number of piperidine rings is 1. The number of imide groups is 1. The third kappa shape index (κ3) is 3.29. The molecule has 1 aliphatic carbocycles. The summed E-state index contributed by atoms with van der Waals surface area (Å²) in [6, 6.07) is 11.3. The van der Waals surface area contributed by atoms with Gasteiger partial charge in [0.05, 0.1) is 12.1 Å². The average Bonchev–Trinajstić information content (AvgIpc) is 3.24. The van der Waals surface area contributed by atoms with Crippen molar-refractivity contribution in [2.75, 3.05) is 0 Å². The second kappa shape index (κ2) is 7.31. The maximum Gasteiger partial charge on any atom is 0.255 e. The van der Waals surface area contributed by atoms with Gasteiger partial charge in [-0.25, -0.2) is 0 Å². The van der Waals surface area contributed by atoms with Crippen molar-refractivity contribution in [1.82, 2.24) is 15.5 Å². The molecule has 4 amide bonds. The molecule has 0 aromatic heterocycles. The molecule has 2 heterocycles. The SMILES string of the molecule is O=C1CCC(N2Cc3cc(C(=O)N[C@H]4c5ccccc5C[C@@H]4O)ccc3C2=O)C(=O)N1. The molecule has 3 aliphatic rings. The van der Waals surface area contributed by atoms with Crippen LogP contribution in [-0.2, 0) is 22.6 Å². The minimum atomic E-state index is -0.694. The number of benzene rings is 2. The molecule has 8 heteroatoms. The highest BCUT2D eigenvalue weighted by Gasteiger charge is 2.39. The van der Waals surface area contributed by atoms with Crippen LogP contribution in [0.3, 0.4) is 0 Å². The van der Waals surface area contributed by atoms with Crippen LogP contribution in [0.25, 0.3) is 0 Å². The van der Waals surface area contributed by atoms with E-state index in [1.807, 2.05) is 24.3 Å². The number of hydrogen-bond acceptors (Lipinski definition) is 5. The predicted octanol–water partition coefficient (Wildman–Crippen LogP) is 0.836. The summed E-state index contributed by atoms with van der Waals surface area (Å²) in [7, 11) is 0. The van der Waals surface area contributed by atoms with Crippen LogP contribution in [-0.4, -0.2) is 45.8 Å². The minimum absolute atomic E-state index is 0.190. The van der Waals surface area contributed by atoms with E-state index in [1.54, 1.807) is 18.2 Å². The molecule has 0 spiro atoms. The van der Waals surface area contributed by atoms with Gasteiger partial charge in [0.1, 0.15) is 6.04 Å². The van der Waals surface area contributed by atoms with Gasteiger partial charge in [-0.3, -0.25) is 24.5 Å². The van der Waals surface area contributed by atoms with Crippen molar-refractivity contribution in [3.05, 3.63) is 70.3 Å². The molecule has 3 atom stereocenters. The monoisotopic (exact) mass is 419 g/mol. The molecule has 31 heavy (non-hydrogen) atoms. The number of fused-ring (bicyclic) bond motifs is 2. The van der Waals surface area contributed by atoms with E-state index < -0.39 is 24.1 Å². The first-order chi connectivity index (χ1) is 14.9. The van der Waals surface area contributed by atoms with Crippen molar-refractivity contribution in [2.45, 2.75) is 44.0 Å². The van der Waals surface area contributed by atoms with Gasteiger partial charge >= 0.3 is 0 Å². The maximum atomic E-state index is 12.9. The number of amides is 4. The number of rotatable bonds is 3. The van der Waals surface area contributed by atoms with Crippen LogP contribution < -0.4 is 10.6 Å². The first-order valence-electron chi connectivity index (χ1n) is 10.3. The maximum absolute atomic E-state index is 12.9. The third-order valence-electron chi connectivity index (χ3n) is 6.28. The normalized spacial score (nSPS) is 24.6. The molecule has 158 valence electrons. The van der Waals surface area contributed by atoms with Crippen molar-refractivity contribution in [2.24, 2.45) is 0 Å². The molecule has 0 saturated carbocycles. The zero-order valence-electron chi connectivity index (χ0n) is 16.6. The van der Waals surface area contributed by atoms with E-state index in [0.29, 0.717) is 23.1 Å². The highest BCUT2D eigenvalue weighted by Crippen LogP contribution is 2.32. The van der Waals surface area contributed by atoms with Crippen LogP contribution in [0.5, 0.6) is 0 Å². The zero-order chi connectivity index (χ0) is 21.7. The molecule has 5 rings (SSSR count). The number of carbonyl (C=O) groups excluding carboxylic acids is 4. The van der Waals surface area contributed by atoms with Crippen molar-refractivity contribution in [3.8, 4) is 0 Å². The number of carbonyl (C=O) groups is 4. The first kappa shape index (κ1) is 19.4. The van der Waals surface area contributed by atoms with Gasteiger partial charge in [-0.1, -0.05) is 24.3 Å². The van der Waals surface area contributed by atoms with Crippen LogP contribution in [0.2, 0.25) is 0 Å². The lowest BCUT2D eigenvalue weighted by atomic mass is 10.0. The smallest absolute Gasteiger partial charge is 0.255 e. The molecular formula is C23H21N3O5. The lowest BCUT2D eigenvalue weighted by Crippen LogP contribution is -2.52. The van der Waals surface area contributed by atoms with Crippen molar-refractivity contribution in [3.63, 3.8) is 0 Å². The summed E-state index contributed by atoms with van der Waals surface area (Å²) in [4.78, 5) is 50.7. The van der Waals surface area contributed by atoms with Crippen molar-refractivity contribution >= 4 is 23.6 Å². The largest absolute Gasteiger partial charge is 0.390 e. The summed E-state index contributed by atoms with van der Waals surface area (Å²) >= 11 is 0. The van der Waals surface area contributed by atoms with Gasteiger partial charge in [0.2, 0.25) is 11.8 Å². The zero-order valence-corrected chi connectivity index (χ0v) is 16.6. The standard InChI is InChI=1S/C23H21N3O5/c27-18-10-12-3-1-2-4-15(12)20(18)25-21(29)13-5-6-16-14(9-13)11-26(23(16)31)17-7-8-19(28)24-22(17)30/h1-6,9,17-18,20,27H,7-8,10-11H2,(H,25,29)(H,24,28,30)/t17?,18-,20-/m0/s1. The molecule has 2 aliphatic heterocycles. The quantitative estimate of drug-likeness (QED) is 0.638. The van der Waals surface area contributed by atoms with E-state index in [9.17, 15) is 24.3 Å². The van der Waals surface area contributed by atoms with E-state index in [0.717, 1.165) is 11.1 Å². The fourth-order valence-corrected chi connectivity index (χ4v) is 4.69. The second-order valence-electron chi connectivity index (χ2n) is 8.19. The van der Waals surface area contributed by atoms with E-state index in [2.05, 4.69) is 10.6 Å². The highest BCUT2D eigenvalue weighted by molar-refractivity contribution is 6.06. The Morgan fingerprint density at radius 2 is 1.90 bits per heavy atom. The number of nitrogens with zero attached hydrogens (tertiary/aromatic N) is 1. The van der Waals surface area contributed by atoms with Crippen LogP contribution in [0.1, 0.15) is 56.3 Å². The van der Waals surface area contributed by atoms with Crippen LogP contribution in [0.4, 0.5) is 0 Å². The molecule has 2 aromatic rings. The Morgan fingerprint density at radius 1 is 1.10 bits per heavy atom. The Balaban J connectivity index is 1.34. The lowest BCUT2D eigenvalue weighted by Gasteiger charge is -2.29. The molecule has 1 unspecified atom stereocenters. The van der Waals surface area contributed by atoms with Gasteiger partial charge in [0.15, 0.2) is 0 Å². The molecular weight excluding hydrogens is 398 g/mol. The third-order valence-corrected chi connectivity index (χ3v) is 6.28. The highest BCUT2D eigenvalue weighted by atomic mass is 16.3. The molecule has 0 bridgehead atoms. The van der Waals surface area contributed by atoms with E-state index in [1.165, 1.54) is 4.90 Å². The molecule has 1 fully saturated rings. The summed E-state index contributed by atoms with van der Waals surface area (Å²) in [5.41, 5.74) is 3.42. The summed E-state index contributed by atoms with van der Waals surface area (Å²) < 4.78 is 0. The number of aliphatic hydroxyl groups excluding tert-OH is 1. The van der Waals surface area contributed by atoms with Crippen LogP contribution in [0, 0.1) is 0 Å².